The fourth-order valence-electron chi connectivity index (χ4n) is 2.36. The quantitative estimate of drug-likeness (QED) is 0.498. The van der Waals surface area contributed by atoms with Gasteiger partial charge in [-0.3, -0.25) is 0 Å². The molecule has 0 saturated carbocycles. The van der Waals surface area contributed by atoms with Gasteiger partial charge in [-0.05, 0) is 26.0 Å². The van der Waals surface area contributed by atoms with Crippen molar-refractivity contribution in [2.45, 2.75) is 83.8 Å². The van der Waals surface area contributed by atoms with Gasteiger partial charge in [0.2, 0.25) is 0 Å². The molecule has 0 aromatic carbocycles. The van der Waals surface area contributed by atoms with E-state index in [-0.39, 0.29) is 0 Å². The summed E-state index contributed by atoms with van der Waals surface area (Å²) in [6.07, 6.45) is 12.4. The van der Waals surface area contributed by atoms with E-state index in [4.69, 9.17) is 0 Å². The first-order valence-electron chi connectivity index (χ1n) is 8.00. The maximum Gasteiger partial charge on any atom is 0.0833 e. The van der Waals surface area contributed by atoms with Gasteiger partial charge in [0.25, 0.3) is 0 Å². The molecule has 0 radical (unpaired) electrons. The van der Waals surface area contributed by atoms with Gasteiger partial charge >= 0.3 is 0 Å². The molecule has 0 aliphatic rings. The Hall–Kier alpha value is 0.270. The highest BCUT2D eigenvalue weighted by Gasteiger charge is 2.20. The minimum Gasteiger partial charge on any atom is -0.388 e. The molecule has 2 nitrogen and oxygen atoms in total. The van der Waals surface area contributed by atoms with E-state index in [2.05, 4.69) is 25.4 Å². The summed E-state index contributed by atoms with van der Waals surface area (Å²) in [5.41, 5.74) is -0.576. The van der Waals surface area contributed by atoms with Gasteiger partial charge in [-0.2, -0.15) is 11.8 Å². The molecule has 3 heteroatoms. The van der Waals surface area contributed by atoms with Gasteiger partial charge in [-0.1, -0.05) is 52.4 Å². The molecule has 0 heterocycles. The average molecular weight is 290 g/mol. The second kappa shape index (κ2) is 12.0. The highest BCUT2D eigenvalue weighted by atomic mass is 32.2. The molecule has 0 amide bonds. The molecule has 2 N–H and O–H groups in total. The number of aliphatic hydroxyl groups is 1. The number of thioether (sulfide) groups is 1. The number of hydrogen-bond acceptors (Lipinski definition) is 3. The van der Waals surface area contributed by atoms with Crippen LogP contribution in [0.25, 0.3) is 0 Å². The third kappa shape index (κ3) is 11.8. The largest absolute Gasteiger partial charge is 0.388 e. The van der Waals surface area contributed by atoms with Gasteiger partial charge in [0.15, 0.2) is 0 Å². The van der Waals surface area contributed by atoms with Crippen LogP contribution in [0.4, 0.5) is 0 Å². The molecule has 0 bridgehead atoms. The van der Waals surface area contributed by atoms with Crippen molar-refractivity contribution in [1.29, 1.82) is 0 Å². The normalized spacial score (nSPS) is 14.8. The average Bonchev–Trinajstić information content (AvgIpc) is 2.36. The van der Waals surface area contributed by atoms with Crippen LogP contribution in [0.1, 0.15) is 72.1 Å². The summed E-state index contributed by atoms with van der Waals surface area (Å²) in [5, 5.41) is 13.8. The maximum atomic E-state index is 10.2. The number of unbranched alkanes of at least 4 members (excludes halogenated alkanes) is 4. The van der Waals surface area contributed by atoms with Crippen molar-refractivity contribution < 1.29 is 5.11 Å². The van der Waals surface area contributed by atoms with Crippen molar-refractivity contribution in [1.82, 2.24) is 5.32 Å². The lowest BCUT2D eigenvalue weighted by molar-refractivity contribution is 0.0803. The van der Waals surface area contributed by atoms with E-state index in [1.807, 2.05) is 6.92 Å². The van der Waals surface area contributed by atoms with Crippen molar-refractivity contribution in [2.75, 3.05) is 18.6 Å². The first kappa shape index (κ1) is 19.3. The molecule has 0 fully saturated rings. The predicted molar refractivity (Wildman–Crippen MR) is 89.1 cm³/mol. The van der Waals surface area contributed by atoms with Crippen molar-refractivity contribution >= 4 is 11.8 Å². The Kier molecular flexibility index (Phi) is 12.2. The zero-order chi connectivity index (χ0) is 14.6. The van der Waals surface area contributed by atoms with Gasteiger partial charge in [0.05, 0.1) is 5.60 Å². The smallest absolute Gasteiger partial charge is 0.0833 e. The lowest BCUT2D eigenvalue weighted by Crippen LogP contribution is -2.44. The van der Waals surface area contributed by atoms with Gasteiger partial charge in [0.1, 0.15) is 0 Å². The summed E-state index contributed by atoms with van der Waals surface area (Å²) in [5.74, 6) is 0.802. The van der Waals surface area contributed by atoms with Crippen LogP contribution in [0.2, 0.25) is 0 Å². The van der Waals surface area contributed by atoms with Crippen LogP contribution >= 0.6 is 11.8 Å². The lowest BCUT2D eigenvalue weighted by atomic mass is 10.0. The number of rotatable bonds is 13. The summed E-state index contributed by atoms with van der Waals surface area (Å²) in [4.78, 5) is 0. The highest BCUT2D eigenvalue weighted by Crippen LogP contribution is 2.14. The monoisotopic (exact) mass is 289 g/mol. The van der Waals surface area contributed by atoms with Gasteiger partial charge in [-0.25, -0.2) is 0 Å². The third-order valence-corrected chi connectivity index (χ3v) is 4.45. The molecule has 0 spiro atoms. The number of nitrogens with one attached hydrogen (secondary N) is 1. The van der Waals surface area contributed by atoms with Crippen molar-refractivity contribution in [3.63, 3.8) is 0 Å². The Bertz CT molecular complexity index is 187. The Morgan fingerprint density at radius 1 is 1.05 bits per heavy atom. The molecule has 19 heavy (non-hydrogen) atoms. The molecule has 116 valence electrons. The van der Waals surface area contributed by atoms with Gasteiger partial charge in [0, 0.05) is 18.3 Å². The summed E-state index contributed by atoms with van der Waals surface area (Å²) >= 11 is 1.71. The van der Waals surface area contributed by atoms with Crippen molar-refractivity contribution in [3.05, 3.63) is 0 Å². The van der Waals surface area contributed by atoms with Crippen LogP contribution in [-0.2, 0) is 0 Å². The Morgan fingerprint density at radius 3 is 2.00 bits per heavy atom. The molecular weight excluding hydrogens is 254 g/mol. The molecule has 1 atom stereocenters. The minimum atomic E-state index is -0.576. The van der Waals surface area contributed by atoms with E-state index in [1.54, 1.807) is 11.8 Å². The van der Waals surface area contributed by atoms with E-state index in [0.717, 1.165) is 12.3 Å². The van der Waals surface area contributed by atoms with E-state index in [1.165, 1.54) is 51.4 Å². The molecule has 1 unspecified atom stereocenters. The van der Waals surface area contributed by atoms with Crippen molar-refractivity contribution in [2.24, 2.45) is 0 Å². The molecule has 0 aliphatic carbocycles. The molecule has 0 rings (SSSR count). The Morgan fingerprint density at radius 2 is 1.58 bits per heavy atom. The van der Waals surface area contributed by atoms with Gasteiger partial charge < -0.3 is 10.4 Å². The summed E-state index contributed by atoms with van der Waals surface area (Å²) in [6, 6.07) is 0.589. The summed E-state index contributed by atoms with van der Waals surface area (Å²) in [7, 11) is 0. The SMILES string of the molecule is CCCCCC(CCCCC)NCC(C)(O)CSC. The summed E-state index contributed by atoms with van der Waals surface area (Å²) in [6.45, 7) is 7.16. The molecular formula is C16H35NOS. The second-order valence-corrected chi connectivity index (χ2v) is 6.87. The van der Waals surface area contributed by atoms with Crippen LogP contribution in [0.5, 0.6) is 0 Å². The predicted octanol–water partition coefficient (Wildman–Crippen LogP) is 4.22. The zero-order valence-corrected chi connectivity index (χ0v) is 14.3. The molecule has 0 aromatic heterocycles. The number of hydrogen-bond donors (Lipinski definition) is 2. The van der Waals surface area contributed by atoms with Crippen LogP contribution in [-0.4, -0.2) is 35.3 Å². The zero-order valence-electron chi connectivity index (χ0n) is 13.5. The standard InChI is InChI=1S/C16H35NOS/c1-5-7-9-11-15(12-10-8-6-2)17-13-16(3,18)14-19-4/h15,17-18H,5-14H2,1-4H3. The fraction of sp³-hybridized carbons (Fsp3) is 1.00. The topological polar surface area (TPSA) is 32.3 Å². The van der Waals surface area contributed by atoms with Crippen LogP contribution in [0.3, 0.4) is 0 Å². The molecule has 0 aliphatic heterocycles. The van der Waals surface area contributed by atoms with Crippen LogP contribution < -0.4 is 5.32 Å². The first-order valence-corrected chi connectivity index (χ1v) is 9.39. The van der Waals surface area contributed by atoms with E-state index < -0.39 is 5.60 Å². The maximum absolute atomic E-state index is 10.2. The third-order valence-electron chi connectivity index (χ3n) is 3.54. The molecule has 0 saturated heterocycles. The summed E-state index contributed by atoms with van der Waals surface area (Å²) < 4.78 is 0. The minimum absolute atomic E-state index is 0.576. The van der Waals surface area contributed by atoms with Gasteiger partial charge in [-0.15, -0.1) is 0 Å². The lowest BCUT2D eigenvalue weighted by Gasteiger charge is -2.27. The second-order valence-electron chi connectivity index (χ2n) is 6.00. The Labute approximate surface area is 125 Å². The molecule has 0 aromatic rings. The fourth-order valence-corrected chi connectivity index (χ4v) is 3.08. The Balaban J connectivity index is 4.01. The van der Waals surface area contributed by atoms with Crippen LogP contribution in [0, 0.1) is 0 Å². The van der Waals surface area contributed by atoms with Crippen LogP contribution in [0.15, 0.2) is 0 Å². The highest BCUT2D eigenvalue weighted by molar-refractivity contribution is 7.98. The first-order chi connectivity index (χ1) is 9.05. The van der Waals surface area contributed by atoms with E-state index >= 15 is 0 Å². The van der Waals surface area contributed by atoms with E-state index in [9.17, 15) is 5.11 Å². The van der Waals surface area contributed by atoms with Crippen molar-refractivity contribution in [3.8, 4) is 0 Å². The van der Waals surface area contributed by atoms with E-state index in [0.29, 0.717) is 6.04 Å².